The molecule has 1 aliphatic carbocycles. The summed E-state index contributed by atoms with van der Waals surface area (Å²) in [5, 5.41) is 2.10. The van der Waals surface area contributed by atoms with Gasteiger partial charge in [0.25, 0.3) is 5.91 Å². The lowest BCUT2D eigenvalue weighted by Gasteiger charge is -2.37. The monoisotopic (exact) mass is 384 g/mol. The highest BCUT2D eigenvalue weighted by Crippen LogP contribution is 2.34. The Bertz CT molecular complexity index is 808. The number of para-hydroxylation sites is 2. The Balaban J connectivity index is 1.43. The van der Waals surface area contributed by atoms with Crippen LogP contribution in [0, 0.1) is 5.92 Å². The second-order valence-corrected chi connectivity index (χ2v) is 8.54. The van der Waals surface area contributed by atoms with Crippen molar-refractivity contribution in [2.75, 3.05) is 37.7 Å². The molecule has 5 heteroatoms. The van der Waals surface area contributed by atoms with E-state index in [1.807, 2.05) is 30.0 Å². The molecule has 0 radical (unpaired) electrons. The zero-order chi connectivity index (χ0) is 18.8. The molecule has 2 aromatic rings. The fraction of sp³-hybridized carbons (Fsp3) is 0.500. The van der Waals surface area contributed by atoms with E-state index >= 15 is 0 Å². The average molecular weight is 385 g/mol. The van der Waals surface area contributed by atoms with Gasteiger partial charge < -0.3 is 14.5 Å². The number of piperazine rings is 1. The third kappa shape index (κ3) is 3.70. The van der Waals surface area contributed by atoms with Gasteiger partial charge in [-0.05, 0) is 49.8 Å². The Hall–Kier alpha value is -2.01. The molecule has 1 atom stereocenters. The maximum Gasteiger partial charge on any atom is 0.255 e. The second-order valence-electron chi connectivity index (χ2n) is 7.58. The van der Waals surface area contributed by atoms with Gasteiger partial charge in [-0.3, -0.25) is 4.79 Å². The van der Waals surface area contributed by atoms with Crippen LogP contribution < -0.4 is 9.64 Å². The zero-order valence-corrected chi connectivity index (χ0v) is 17.1. The fourth-order valence-electron chi connectivity index (χ4n) is 4.17. The van der Waals surface area contributed by atoms with Crippen molar-refractivity contribution in [2.45, 2.75) is 33.1 Å². The first kappa shape index (κ1) is 18.4. The van der Waals surface area contributed by atoms with Crippen molar-refractivity contribution in [3.63, 3.8) is 0 Å². The molecule has 2 aliphatic rings. The minimum absolute atomic E-state index is 0.222. The summed E-state index contributed by atoms with van der Waals surface area (Å²) in [5.74, 6) is 1.90. The molecule has 4 rings (SSSR count). The maximum atomic E-state index is 13.1. The number of anilines is 1. The molecular formula is C22H28N2O2S. The van der Waals surface area contributed by atoms with E-state index < -0.39 is 0 Å². The van der Waals surface area contributed by atoms with Crippen molar-refractivity contribution >= 4 is 22.9 Å². The standard InChI is InChI=1S/C22H28N2O2S/c1-3-26-20-7-5-4-6-19(20)23-10-12-24(13-11-23)22(25)18-15-27-21-14-16(2)8-9-17(18)21/h4-7,15-16H,3,8-14H2,1-2H3. The molecule has 1 unspecified atom stereocenters. The van der Waals surface area contributed by atoms with Crippen molar-refractivity contribution < 1.29 is 9.53 Å². The van der Waals surface area contributed by atoms with Gasteiger partial charge in [-0.25, -0.2) is 0 Å². The smallest absolute Gasteiger partial charge is 0.255 e. The topological polar surface area (TPSA) is 32.8 Å². The van der Waals surface area contributed by atoms with E-state index in [1.165, 1.54) is 16.9 Å². The van der Waals surface area contributed by atoms with Crippen molar-refractivity contribution in [3.05, 3.63) is 45.6 Å². The van der Waals surface area contributed by atoms with Crippen molar-refractivity contribution in [1.82, 2.24) is 4.90 Å². The number of hydrogen-bond acceptors (Lipinski definition) is 4. The van der Waals surface area contributed by atoms with Gasteiger partial charge >= 0.3 is 0 Å². The molecule has 1 fully saturated rings. The third-order valence-electron chi connectivity index (χ3n) is 5.70. The summed E-state index contributed by atoms with van der Waals surface area (Å²) in [6.45, 7) is 8.20. The maximum absolute atomic E-state index is 13.1. The molecule has 0 saturated carbocycles. The second kappa shape index (κ2) is 7.93. The molecule has 27 heavy (non-hydrogen) atoms. The van der Waals surface area contributed by atoms with Gasteiger partial charge in [0.2, 0.25) is 0 Å². The van der Waals surface area contributed by atoms with Gasteiger partial charge in [-0.1, -0.05) is 19.1 Å². The highest BCUT2D eigenvalue weighted by atomic mass is 32.1. The van der Waals surface area contributed by atoms with E-state index in [0.717, 1.165) is 61.9 Å². The highest BCUT2D eigenvalue weighted by molar-refractivity contribution is 7.10. The molecule has 1 saturated heterocycles. The Morgan fingerprint density at radius 3 is 2.78 bits per heavy atom. The molecule has 0 spiro atoms. The Kier molecular flexibility index (Phi) is 5.39. The van der Waals surface area contributed by atoms with Crippen LogP contribution in [0.1, 0.15) is 41.1 Å². The minimum Gasteiger partial charge on any atom is -0.492 e. The summed E-state index contributed by atoms with van der Waals surface area (Å²) in [6, 6.07) is 8.19. The summed E-state index contributed by atoms with van der Waals surface area (Å²) in [5.41, 5.74) is 3.42. The van der Waals surface area contributed by atoms with E-state index in [-0.39, 0.29) is 5.91 Å². The average Bonchev–Trinajstić information content (AvgIpc) is 3.11. The van der Waals surface area contributed by atoms with Gasteiger partial charge in [0.15, 0.2) is 0 Å². The number of amides is 1. The molecule has 144 valence electrons. The number of carbonyl (C=O) groups is 1. The van der Waals surface area contributed by atoms with Crippen LogP contribution in [0.4, 0.5) is 5.69 Å². The van der Waals surface area contributed by atoms with E-state index in [4.69, 9.17) is 4.74 Å². The van der Waals surface area contributed by atoms with Crippen molar-refractivity contribution in [1.29, 1.82) is 0 Å². The third-order valence-corrected chi connectivity index (χ3v) is 6.76. The summed E-state index contributed by atoms with van der Waals surface area (Å²) < 4.78 is 5.77. The van der Waals surface area contributed by atoms with E-state index in [1.54, 1.807) is 11.3 Å². The van der Waals surface area contributed by atoms with E-state index in [2.05, 4.69) is 23.3 Å². The van der Waals surface area contributed by atoms with Crippen LogP contribution in [0.2, 0.25) is 0 Å². The number of thiophene rings is 1. The minimum atomic E-state index is 0.222. The lowest BCUT2D eigenvalue weighted by atomic mass is 9.88. The Morgan fingerprint density at radius 1 is 1.22 bits per heavy atom. The summed E-state index contributed by atoms with van der Waals surface area (Å²) in [6.07, 6.45) is 3.39. The number of carbonyl (C=O) groups excluding carboxylic acids is 1. The lowest BCUT2D eigenvalue weighted by molar-refractivity contribution is 0.0745. The largest absolute Gasteiger partial charge is 0.492 e. The molecule has 0 N–H and O–H groups in total. The van der Waals surface area contributed by atoms with Gasteiger partial charge in [-0.15, -0.1) is 11.3 Å². The molecule has 4 nitrogen and oxygen atoms in total. The summed E-state index contributed by atoms with van der Waals surface area (Å²) in [7, 11) is 0. The van der Waals surface area contributed by atoms with Crippen LogP contribution in [0.15, 0.2) is 29.6 Å². The van der Waals surface area contributed by atoms with E-state index in [9.17, 15) is 4.79 Å². The Morgan fingerprint density at radius 2 is 2.00 bits per heavy atom. The predicted molar refractivity (Wildman–Crippen MR) is 111 cm³/mol. The molecule has 1 aliphatic heterocycles. The van der Waals surface area contributed by atoms with Crippen molar-refractivity contribution in [2.24, 2.45) is 5.92 Å². The zero-order valence-electron chi connectivity index (χ0n) is 16.2. The summed E-state index contributed by atoms with van der Waals surface area (Å²) >= 11 is 1.78. The van der Waals surface area contributed by atoms with E-state index in [0.29, 0.717) is 6.61 Å². The van der Waals surface area contributed by atoms with Crippen LogP contribution in [-0.2, 0) is 12.8 Å². The molecule has 1 aromatic carbocycles. The van der Waals surface area contributed by atoms with Crippen LogP contribution in [0.25, 0.3) is 0 Å². The van der Waals surface area contributed by atoms with Gasteiger partial charge in [0.1, 0.15) is 5.75 Å². The normalized spacial score (nSPS) is 19.7. The quantitative estimate of drug-likeness (QED) is 0.791. The van der Waals surface area contributed by atoms with Gasteiger partial charge in [0, 0.05) is 36.4 Å². The van der Waals surface area contributed by atoms with Crippen molar-refractivity contribution in [3.8, 4) is 5.75 Å². The van der Waals surface area contributed by atoms with Gasteiger partial charge in [0.05, 0.1) is 17.9 Å². The number of hydrogen-bond donors (Lipinski definition) is 0. The number of nitrogens with zero attached hydrogens (tertiary/aromatic N) is 2. The summed E-state index contributed by atoms with van der Waals surface area (Å²) in [4.78, 5) is 18.9. The molecule has 2 heterocycles. The molecule has 1 amide bonds. The number of benzene rings is 1. The molecule has 1 aromatic heterocycles. The van der Waals surface area contributed by atoms with Crippen LogP contribution in [-0.4, -0.2) is 43.6 Å². The Labute approximate surface area is 165 Å². The van der Waals surface area contributed by atoms with Gasteiger partial charge in [-0.2, -0.15) is 0 Å². The number of fused-ring (bicyclic) bond motifs is 1. The molecular weight excluding hydrogens is 356 g/mol. The number of rotatable bonds is 4. The fourth-order valence-corrected chi connectivity index (χ4v) is 5.41. The first-order chi connectivity index (χ1) is 13.2. The first-order valence-corrected chi connectivity index (χ1v) is 10.9. The van der Waals surface area contributed by atoms with Crippen LogP contribution in [0.5, 0.6) is 5.75 Å². The molecule has 0 bridgehead atoms. The van der Waals surface area contributed by atoms with Crippen LogP contribution >= 0.6 is 11.3 Å². The highest BCUT2D eigenvalue weighted by Gasteiger charge is 2.28. The first-order valence-electron chi connectivity index (χ1n) is 10.0. The lowest BCUT2D eigenvalue weighted by Crippen LogP contribution is -2.49. The SMILES string of the molecule is CCOc1ccccc1N1CCN(C(=O)c2csc3c2CCC(C)C3)CC1. The predicted octanol–water partition coefficient (Wildman–Crippen LogP) is 4.23. The number of ether oxygens (including phenoxy) is 1. The van der Waals surface area contributed by atoms with Crippen LogP contribution in [0.3, 0.4) is 0 Å².